The Morgan fingerprint density at radius 3 is 2.30 bits per heavy atom. The van der Waals surface area contributed by atoms with Gasteiger partial charge < -0.3 is 13.9 Å². The molecule has 0 saturated carbocycles. The summed E-state index contributed by atoms with van der Waals surface area (Å²) in [7, 11) is 3.10. The van der Waals surface area contributed by atoms with Crippen molar-refractivity contribution in [3.8, 4) is 11.7 Å². The molecular formula is C7H9O3. The number of rotatable bonds is 2. The third-order valence-electron chi connectivity index (χ3n) is 1.27. The molecule has 10 heavy (non-hydrogen) atoms. The fourth-order valence-electron chi connectivity index (χ4n) is 0.728. The maximum absolute atomic E-state index is 4.90. The monoisotopic (exact) mass is 141 g/mol. The van der Waals surface area contributed by atoms with E-state index in [0.717, 1.165) is 5.56 Å². The van der Waals surface area contributed by atoms with Crippen molar-refractivity contribution in [3.05, 3.63) is 11.8 Å². The van der Waals surface area contributed by atoms with Gasteiger partial charge in [0.2, 0.25) is 6.26 Å². The molecule has 1 rings (SSSR count). The Labute approximate surface area is 59.5 Å². The minimum atomic E-state index is 0.455. The highest BCUT2D eigenvalue weighted by atomic mass is 16.6. The summed E-state index contributed by atoms with van der Waals surface area (Å²) >= 11 is 0. The fraction of sp³-hybridized carbons (Fsp3) is 0.429. The lowest BCUT2D eigenvalue weighted by molar-refractivity contribution is 0.299. The van der Waals surface area contributed by atoms with E-state index in [1.807, 2.05) is 6.92 Å². The highest BCUT2D eigenvalue weighted by molar-refractivity contribution is 5.35. The van der Waals surface area contributed by atoms with Crippen LogP contribution in [-0.2, 0) is 0 Å². The standard InChI is InChI=1S/C7H9O3/c1-5-6(8-2)4-10-7(5)9-3/h1-3H3. The van der Waals surface area contributed by atoms with Crippen LogP contribution in [0.25, 0.3) is 0 Å². The highest BCUT2D eigenvalue weighted by Gasteiger charge is 2.09. The first-order chi connectivity index (χ1) is 4.79. The van der Waals surface area contributed by atoms with Crippen molar-refractivity contribution in [2.24, 2.45) is 0 Å². The van der Waals surface area contributed by atoms with Gasteiger partial charge in [0.1, 0.15) is 0 Å². The smallest absolute Gasteiger partial charge is 0.291 e. The molecule has 0 saturated heterocycles. The maximum Gasteiger partial charge on any atom is 0.291 e. The van der Waals surface area contributed by atoms with Crippen LogP contribution < -0.4 is 9.47 Å². The molecule has 0 aliphatic heterocycles. The fourth-order valence-corrected chi connectivity index (χ4v) is 0.728. The molecule has 0 atom stereocenters. The maximum atomic E-state index is 4.90. The SMILES string of the molecule is COc1[c]oc(OC)c1C. The van der Waals surface area contributed by atoms with Gasteiger partial charge >= 0.3 is 0 Å². The Hall–Kier alpha value is -1.12. The first-order valence-electron chi connectivity index (χ1n) is 2.88. The van der Waals surface area contributed by atoms with Gasteiger partial charge in [-0.1, -0.05) is 0 Å². The highest BCUT2D eigenvalue weighted by Crippen LogP contribution is 2.28. The number of methoxy groups -OCH3 is 2. The molecule has 0 amide bonds. The summed E-state index contributed by atoms with van der Waals surface area (Å²) in [4.78, 5) is 0. The molecule has 55 valence electrons. The lowest BCUT2D eigenvalue weighted by Crippen LogP contribution is -1.84. The zero-order valence-electron chi connectivity index (χ0n) is 6.22. The van der Waals surface area contributed by atoms with Crippen molar-refractivity contribution in [3.63, 3.8) is 0 Å². The molecule has 0 aromatic carbocycles. The van der Waals surface area contributed by atoms with Gasteiger partial charge in [-0.3, -0.25) is 0 Å². The predicted octanol–water partition coefficient (Wildman–Crippen LogP) is 1.41. The largest absolute Gasteiger partial charge is 0.492 e. The van der Waals surface area contributed by atoms with E-state index in [-0.39, 0.29) is 0 Å². The van der Waals surface area contributed by atoms with E-state index >= 15 is 0 Å². The van der Waals surface area contributed by atoms with Crippen molar-refractivity contribution < 1.29 is 13.9 Å². The Bertz CT molecular complexity index is 193. The summed E-state index contributed by atoms with van der Waals surface area (Å²) in [5.74, 6) is 1.05. The average molecular weight is 141 g/mol. The van der Waals surface area contributed by atoms with Crippen LogP contribution in [0.5, 0.6) is 11.7 Å². The van der Waals surface area contributed by atoms with Crippen molar-refractivity contribution in [2.45, 2.75) is 6.92 Å². The molecule has 3 heteroatoms. The molecule has 0 spiro atoms. The molecule has 1 aromatic heterocycles. The van der Waals surface area contributed by atoms with Gasteiger partial charge in [-0.2, -0.15) is 0 Å². The summed E-state index contributed by atoms with van der Waals surface area (Å²) in [5.41, 5.74) is 0.838. The van der Waals surface area contributed by atoms with Gasteiger partial charge in [0.05, 0.1) is 19.8 Å². The number of ether oxygens (including phenoxy) is 2. The molecule has 1 heterocycles. The zero-order chi connectivity index (χ0) is 7.56. The predicted molar refractivity (Wildman–Crippen MR) is 35.4 cm³/mol. The molecule has 0 bridgehead atoms. The van der Waals surface area contributed by atoms with Crippen LogP contribution in [0, 0.1) is 13.2 Å². The Balaban J connectivity index is 2.97. The lowest BCUT2D eigenvalue weighted by atomic mass is 10.3. The Morgan fingerprint density at radius 1 is 1.30 bits per heavy atom. The van der Waals surface area contributed by atoms with Crippen LogP contribution >= 0.6 is 0 Å². The van der Waals surface area contributed by atoms with Gasteiger partial charge in [0.25, 0.3) is 5.95 Å². The van der Waals surface area contributed by atoms with E-state index in [0.29, 0.717) is 11.7 Å². The van der Waals surface area contributed by atoms with Crippen LogP contribution in [-0.4, -0.2) is 14.2 Å². The first-order valence-corrected chi connectivity index (χ1v) is 2.88. The first kappa shape index (κ1) is 6.99. The van der Waals surface area contributed by atoms with Gasteiger partial charge in [-0.25, -0.2) is 0 Å². The van der Waals surface area contributed by atoms with E-state index in [2.05, 4.69) is 6.26 Å². The number of hydrogen-bond acceptors (Lipinski definition) is 3. The Morgan fingerprint density at radius 2 is 2.00 bits per heavy atom. The van der Waals surface area contributed by atoms with E-state index in [1.165, 1.54) is 0 Å². The molecule has 0 unspecified atom stereocenters. The quantitative estimate of drug-likeness (QED) is 0.624. The Kier molecular flexibility index (Phi) is 1.85. The lowest BCUT2D eigenvalue weighted by Gasteiger charge is -1.94. The van der Waals surface area contributed by atoms with Gasteiger partial charge in [0.15, 0.2) is 5.75 Å². The summed E-state index contributed by atoms with van der Waals surface area (Å²) in [5, 5.41) is 0. The van der Waals surface area contributed by atoms with E-state index in [1.54, 1.807) is 14.2 Å². The second-order valence-corrected chi connectivity index (χ2v) is 1.85. The second kappa shape index (κ2) is 2.64. The molecule has 0 fully saturated rings. The summed E-state index contributed by atoms with van der Waals surface area (Å²) in [6.45, 7) is 1.84. The summed E-state index contributed by atoms with van der Waals surface area (Å²) in [6.07, 6.45) is 2.55. The van der Waals surface area contributed by atoms with Crippen molar-refractivity contribution in [1.82, 2.24) is 0 Å². The van der Waals surface area contributed by atoms with Crippen molar-refractivity contribution in [2.75, 3.05) is 14.2 Å². The van der Waals surface area contributed by atoms with Gasteiger partial charge in [-0.15, -0.1) is 0 Å². The normalized spacial score (nSPS) is 9.50. The third-order valence-corrected chi connectivity index (χ3v) is 1.27. The minimum absolute atomic E-state index is 0.455. The van der Waals surface area contributed by atoms with Gasteiger partial charge in [0, 0.05) is 0 Å². The molecule has 0 N–H and O–H groups in total. The number of furan rings is 1. The average Bonchev–Trinajstić information content (AvgIpc) is 2.30. The summed E-state index contributed by atoms with van der Waals surface area (Å²) < 4.78 is 14.6. The van der Waals surface area contributed by atoms with Crippen LogP contribution in [0.1, 0.15) is 5.56 Å². The van der Waals surface area contributed by atoms with Crippen LogP contribution in [0.4, 0.5) is 0 Å². The van der Waals surface area contributed by atoms with Crippen LogP contribution in [0.15, 0.2) is 4.42 Å². The second-order valence-electron chi connectivity index (χ2n) is 1.85. The minimum Gasteiger partial charge on any atom is -0.492 e. The zero-order valence-corrected chi connectivity index (χ0v) is 6.22. The van der Waals surface area contributed by atoms with Crippen LogP contribution in [0.3, 0.4) is 0 Å². The molecule has 1 aromatic rings. The molecule has 3 nitrogen and oxygen atoms in total. The topological polar surface area (TPSA) is 31.6 Å². The van der Waals surface area contributed by atoms with Gasteiger partial charge in [-0.05, 0) is 6.92 Å². The van der Waals surface area contributed by atoms with E-state index in [9.17, 15) is 0 Å². The molecule has 0 aliphatic rings. The summed E-state index contributed by atoms with van der Waals surface area (Å²) in [6, 6.07) is 0. The molecular weight excluding hydrogens is 132 g/mol. The molecule has 1 radical (unpaired) electrons. The third kappa shape index (κ3) is 0.943. The molecule has 0 aliphatic carbocycles. The van der Waals surface area contributed by atoms with Crippen LogP contribution in [0.2, 0.25) is 0 Å². The van der Waals surface area contributed by atoms with Crippen molar-refractivity contribution in [1.29, 1.82) is 0 Å². The van der Waals surface area contributed by atoms with E-state index in [4.69, 9.17) is 13.9 Å². The number of hydrogen-bond donors (Lipinski definition) is 0. The van der Waals surface area contributed by atoms with Crippen molar-refractivity contribution >= 4 is 0 Å². The van der Waals surface area contributed by atoms with E-state index < -0.39 is 0 Å².